The molecular weight excluding hydrogens is 270 g/mol. The lowest BCUT2D eigenvalue weighted by Gasteiger charge is -2.21. The highest BCUT2D eigenvalue weighted by atomic mass is 79.9. The topological polar surface area (TPSA) is 53.2 Å². The van der Waals surface area contributed by atoms with Crippen LogP contribution < -0.4 is 4.74 Å². The van der Waals surface area contributed by atoms with E-state index in [4.69, 9.17) is 10.00 Å². The van der Waals surface area contributed by atoms with Crippen LogP contribution in [0, 0.1) is 11.3 Å². The monoisotopic (exact) mass is 283 g/mol. The maximum atomic E-state index is 9.79. The van der Waals surface area contributed by atoms with Crippen LogP contribution in [0.2, 0.25) is 0 Å². The molecule has 0 fully saturated rings. The van der Waals surface area contributed by atoms with Crippen LogP contribution in [0.5, 0.6) is 5.75 Å². The number of nitrogens with zero attached hydrogens (tertiary/aromatic N) is 1. The number of hydrogen-bond acceptors (Lipinski definition) is 3. The van der Waals surface area contributed by atoms with Gasteiger partial charge in [0.15, 0.2) is 0 Å². The van der Waals surface area contributed by atoms with E-state index >= 15 is 0 Å². The van der Waals surface area contributed by atoms with E-state index in [1.807, 2.05) is 6.92 Å². The molecule has 0 spiro atoms. The van der Waals surface area contributed by atoms with E-state index in [0.29, 0.717) is 17.7 Å². The molecule has 1 unspecified atom stereocenters. The minimum absolute atomic E-state index is 0.180. The number of rotatable bonds is 4. The van der Waals surface area contributed by atoms with Crippen molar-refractivity contribution in [1.82, 2.24) is 0 Å². The SMILES string of the molecule is CCC(C)(O)COc1ccc(Br)cc1C#N. The van der Waals surface area contributed by atoms with Crippen LogP contribution in [0.25, 0.3) is 0 Å². The van der Waals surface area contributed by atoms with Crippen LogP contribution in [0.15, 0.2) is 22.7 Å². The number of benzene rings is 1. The molecule has 0 aliphatic carbocycles. The lowest BCUT2D eigenvalue weighted by molar-refractivity contribution is 0.00838. The lowest BCUT2D eigenvalue weighted by atomic mass is 10.1. The molecule has 1 atom stereocenters. The minimum Gasteiger partial charge on any atom is -0.489 e. The van der Waals surface area contributed by atoms with Crippen molar-refractivity contribution in [3.8, 4) is 11.8 Å². The average Bonchev–Trinajstić information content (AvgIpc) is 2.27. The number of halogens is 1. The van der Waals surface area contributed by atoms with Crippen LogP contribution in [0.4, 0.5) is 0 Å². The first-order valence-electron chi connectivity index (χ1n) is 5.03. The summed E-state index contributed by atoms with van der Waals surface area (Å²) in [5, 5.41) is 18.7. The van der Waals surface area contributed by atoms with Gasteiger partial charge in [0, 0.05) is 4.47 Å². The molecule has 0 radical (unpaired) electrons. The molecule has 1 aromatic rings. The predicted octanol–water partition coefficient (Wildman–Crippen LogP) is 2.86. The third-order valence-electron chi connectivity index (χ3n) is 2.36. The third-order valence-corrected chi connectivity index (χ3v) is 2.86. The Labute approximate surface area is 104 Å². The number of aliphatic hydroxyl groups is 1. The first kappa shape index (κ1) is 13.0. The third kappa shape index (κ3) is 3.51. The molecular formula is C12H14BrNO2. The van der Waals surface area contributed by atoms with E-state index in [0.717, 1.165) is 4.47 Å². The van der Waals surface area contributed by atoms with Crippen molar-refractivity contribution in [3.05, 3.63) is 28.2 Å². The first-order chi connectivity index (χ1) is 7.48. The van der Waals surface area contributed by atoms with Crippen LogP contribution in [0.3, 0.4) is 0 Å². The fourth-order valence-corrected chi connectivity index (χ4v) is 1.41. The Morgan fingerprint density at radius 2 is 2.25 bits per heavy atom. The van der Waals surface area contributed by atoms with Crippen LogP contribution in [0.1, 0.15) is 25.8 Å². The van der Waals surface area contributed by atoms with Crippen LogP contribution in [-0.4, -0.2) is 17.3 Å². The molecule has 0 saturated heterocycles. The molecule has 0 aliphatic rings. The molecule has 86 valence electrons. The summed E-state index contributed by atoms with van der Waals surface area (Å²) in [4.78, 5) is 0. The van der Waals surface area contributed by atoms with Crippen molar-refractivity contribution < 1.29 is 9.84 Å². The Balaban J connectivity index is 2.79. The molecule has 0 aliphatic heterocycles. The smallest absolute Gasteiger partial charge is 0.137 e. The van der Waals surface area contributed by atoms with E-state index in [9.17, 15) is 5.11 Å². The van der Waals surface area contributed by atoms with Crippen molar-refractivity contribution in [3.63, 3.8) is 0 Å². The Kier molecular flexibility index (Phi) is 4.34. The van der Waals surface area contributed by atoms with E-state index in [-0.39, 0.29) is 6.61 Å². The van der Waals surface area contributed by atoms with E-state index < -0.39 is 5.60 Å². The summed E-state index contributed by atoms with van der Waals surface area (Å²) in [5.41, 5.74) is -0.402. The van der Waals surface area contributed by atoms with E-state index in [1.54, 1.807) is 25.1 Å². The average molecular weight is 284 g/mol. The second kappa shape index (κ2) is 5.33. The molecule has 4 heteroatoms. The van der Waals surface area contributed by atoms with Gasteiger partial charge in [0.2, 0.25) is 0 Å². The Bertz CT molecular complexity index is 410. The summed E-state index contributed by atoms with van der Waals surface area (Å²) in [6.07, 6.45) is 0.603. The molecule has 0 heterocycles. The zero-order valence-electron chi connectivity index (χ0n) is 9.33. The van der Waals surface area contributed by atoms with Gasteiger partial charge < -0.3 is 9.84 Å². The predicted molar refractivity (Wildman–Crippen MR) is 65.3 cm³/mol. The molecule has 0 aromatic heterocycles. The van der Waals surface area contributed by atoms with Gasteiger partial charge in [-0.1, -0.05) is 22.9 Å². The summed E-state index contributed by atoms with van der Waals surface area (Å²) in [6, 6.07) is 7.26. The molecule has 0 bridgehead atoms. The molecule has 16 heavy (non-hydrogen) atoms. The molecule has 0 saturated carbocycles. The van der Waals surface area contributed by atoms with E-state index in [1.165, 1.54) is 0 Å². The minimum atomic E-state index is -0.861. The Hall–Kier alpha value is -1.05. The quantitative estimate of drug-likeness (QED) is 0.925. The van der Waals surface area contributed by atoms with Crippen molar-refractivity contribution in [2.24, 2.45) is 0 Å². The van der Waals surface area contributed by atoms with Gasteiger partial charge in [-0.2, -0.15) is 5.26 Å². The summed E-state index contributed by atoms with van der Waals surface area (Å²) in [6.45, 7) is 3.77. The fraction of sp³-hybridized carbons (Fsp3) is 0.417. The summed E-state index contributed by atoms with van der Waals surface area (Å²) in [7, 11) is 0. The van der Waals surface area contributed by atoms with Gasteiger partial charge in [-0.05, 0) is 31.5 Å². The van der Waals surface area contributed by atoms with Gasteiger partial charge in [-0.3, -0.25) is 0 Å². The summed E-state index contributed by atoms with van der Waals surface area (Å²) >= 11 is 3.29. The maximum Gasteiger partial charge on any atom is 0.137 e. The van der Waals surface area contributed by atoms with Crippen LogP contribution >= 0.6 is 15.9 Å². The second-order valence-electron chi connectivity index (χ2n) is 3.89. The van der Waals surface area contributed by atoms with Gasteiger partial charge in [0.1, 0.15) is 18.4 Å². The molecule has 0 amide bonds. The van der Waals surface area contributed by atoms with Gasteiger partial charge in [0.05, 0.1) is 11.2 Å². The van der Waals surface area contributed by atoms with Gasteiger partial charge in [-0.25, -0.2) is 0 Å². The van der Waals surface area contributed by atoms with Crippen molar-refractivity contribution in [1.29, 1.82) is 5.26 Å². The highest BCUT2D eigenvalue weighted by Crippen LogP contribution is 2.23. The largest absolute Gasteiger partial charge is 0.489 e. The van der Waals surface area contributed by atoms with Crippen molar-refractivity contribution >= 4 is 15.9 Å². The number of hydrogen-bond donors (Lipinski definition) is 1. The molecule has 3 nitrogen and oxygen atoms in total. The summed E-state index contributed by atoms with van der Waals surface area (Å²) < 4.78 is 6.28. The van der Waals surface area contributed by atoms with Gasteiger partial charge in [-0.15, -0.1) is 0 Å². The van der Waals surface area contributed by atoms with Crippen molar-refractivity contribution in [2.45, 2.75) is 25.9 Å². The van der Waals surface area contributed by atoms with Gasteiger partial charge in [0.25, 0.3) is 0 Å². The molecule has 1 rings (SSSR count). The Morgan fingerprint density at radius 1 is 1.56 bits per heavy atom. The fourth-order valence-electron chi connectivity index (χ4n) is 1.05. The Morgan fingerprint density at radius 3 is 2.81 bits per heavy atom. The standard InChI is InChI=1S/C12H14BrNO2/c1-3-12(2,15)8-16-11-5-4-10(13)6-9(11)7-14/h4-6,15H,3,8H2,1-2H3. The second-order valence-corrected chi connectivity index (χ2v) is 4.81. The van der Waals surface area contributed by atoms with E-state index in [2.05, 4.69) is 22.0 Å². The molecule has 1 N–H and O–H groups in total. The zero-order valence-corrected chi connectivity index (χ0v) is 10.9. The van der Waals surface area contributed by atoms with Crippen LogP contribution in [-0.2, 0) is 0 Å². The zero-order chi connectivity index (χ0) is 12.2. The highest BCUT2D eigenvalue weighted by molar-refractivity contribution is 9.10. The summed E-state index contributed by atoms with van der Waals surface area (Å²) in [5.74, 6) is 0.499. The lowest BCUT2D eigenvalue weighted by Crippen LogP contribution is -2.31. The van der Waals surface area contributed by atoms with Gasteiger partial charge >= 0.3 is 0 Å². The first-order valence-corrected chi connectivity index (χ1v) is 5.82. The normalized spacial score (nSPS) is 13.9. The number of nitriles is 1. The van der Waals surface area contributed by atoms with Crippen molar-refractivity contribution in [2.75, 3.05) is 6.61 Å². The molecule has 1 aromatic carbocycles. The maximum absolute atomic E-state index is 9.79. The number of ether oxygens (including phenoxy) is 1. The highest BCUT2D eigenvalue weighted by Gasteiger charge is 2.19.